The van der Waals surface area contributed by atoms with E-state index in [1.165, 1.54) is 6.08 Å². The molecule has 0 aliphatic heterocycles. The van der Waals surface area contributed by atoms with Crippen molar-refractivity contribution in [3.8, 4) is 11.5 Å². The number of aryl methyl sites for hydroxylation is 1. The summed E-state index contributed by atoms with van der Waals surface area (Å²) in [6.07, 6.45) is 2.91. The van der Waals surface area contributed by atoms with Crippen molar-refractivity contribution in [1.82, 2.24) is 0 Å². The second-order valence-electron chi connectivity index (χ2n) is 5.24. The van der Waals surface area contributed by atoms with Crippen molar-refractivity contribution in [1.29, 1.82) is 0 Å². The maximum atomic E-state index is 11.9. The normalized spacial score (nSPS) is 10.8. The number of hydrogen-bond donors (Lipinski definition) is 0. The predicted octanol–water partition coefficient (Wildman–Crippen LogP) is 5.08. The van der Waals surface area contributed by atoms with Gasteiger partial charge in [-0.05, 0) is 54.0 Å². The molecule has 25 heavy (non-hydrogen) atoms. The third-order valence-corrected chi connectivity index (χ3v) is 4.14. The number of hydrogen-bond acceptors (Lipinski definition) is 4. The Morgan fingerprint density at radius 1 is 1.08 bits per heavy atom. The zero-order chi connectivity index (χ0) is 18.4. The molecule has 0 amide bonds. The van der Waals surface area contributed by atoms with E-state index in [2.05, 4.69) is 0 Å². The van der Waals surface area contributed by atoms with Gasteiger partial charge in [-0.1, -0.05) is 29.3 Å². The molecule has 0 fully saturated rings. The lowest BCUT2D eigenvalue weighted by Crippen LogP contribution is -2.03. The van der Waals surface area contributed by atoms with Crippen molar-refractivity contribution in [2.45, 2.75) is 13.5 Å². The van der Waals surface area contributed by atoms with Crippen LogP contribution in [0.25, 0.3) is 6.08 Å². The van der Waals surface area contributed by atoms with Crippen LogP contribution in [0.2, 0.25) is 10.0 Å². The number of esters is 1. The predicted molar refractivity (Wildman–Crippen MR) is 99.6 cm³/mol. The minimum absolute atomic E-state index is 0.129. The van der Waals surface area contributed by atoms with Gasteiger partial charge >= 0.3 is 5.97 Å². The van der Waals surface area contributed by atoms with E-state index >= 15 is 0 Å². The molecule has 0 aromatic heterocycles. The summed E-state index contributed by atoms with van der Waals surface area (Å²) in [5, 5.41) is 1.00. The summed E-state index contributed by atoms with van der Waals surface area (Å²) in [7, 11) is 3.13. The van der Waals surface area contributed by atoms with Gasteiger partial charge in [-0.2, -0.15) is 0 Å². The monoisotopic (exact) mass is 380 g/mol. The van der Waals surface area contributed by atoms with E-state index < -0.39 is 5.97 Å². The van der Waals surface area contributed by atoms with Crippen LogP contribution in [0.5, 0.6) is 11.5 Å². The van der Waals surface area contributed by atoms with Crippen LogP contribution >= 0.6 is 23.2 Å². The van der Waals surface area contributed by atoms with Crippen LogP contribution in [-0.2, 0) is 16.1 Å². The van der Waals surface area contributed by atoms with Gasteiger partial charge in [0.15, 0.2) is 11.5 Å². The molecule has 2 aromatic carbocycles. The molecule has 0 heterocycles. The second kappa shape index (κ2) is 8.79. The first-order valence-electron chi connectivity index (χ1n) is 7.46. The Kier molecular flexibility index (Phi) is 6.73. The van der Waals surface area contributed by atoms with E-state index in [4.69, 9.17) is 37.4 Å². The molecular weight excluding hydrogens is 363 g/mol. The van der Waals surface area contributed by atoms with E-state index in [1.54, 1.807) is 44.6 Å². The molecule has 4 nitrogen and oxygen atoms in total. The van der Waals surface area contributed by atoms with E-state index in [0.29, 0.717) is 27.1 Å². The zero-order valence-electron chi connectivity index (χ0n) is 14.1. The minimum Gasteiger partial charge on any atom is -0.493 e. The van der Waals surface area contributed by atoms with Gasteiger partial charge in [0.05, 0.1) is 14.2 Å². The van der Waals surface area contributed by atoms with E-state index in [-0.39, 0.29) is 6.61 Å². The highest BCUT2D eigenvalue weighted by molar-refractivity contribution is 6.35. The maximum Gasteiger partial charge on any atom is 0.331 e. The molecule has 132 valence electrons. The third kappa shape index (κ3) is 5.15. The molecule has 0 spiro atoms. The molecule has 2 rings (SSSR count). The van der Waals surface area contributed by atoms with Crippen molar-refractivity contribution >= 4 is 35.2 Å². The molecular formula is C19H18Cl2O4. The van der Waals surface area contributed by atoms with Crippen molar-refractivity contribution in [3.63, 3.8) is 0 Å². The summed E-state index contributed by atoms with van der Waals surface area (Å²) in [5.41, 5.74) is 2.46. The van der Waals surface area contributed by atoms with Gasteiger partial charge in [-0.3, -0.25) is 0 Å². The molecule has 6 heteroatoms. The summed E-state index contributed by atoms with van der Waals surface area (Å²) in [5.74, 6) is 0.746. The number of carbonyl (C=O) groups excluding carboxylic acids is 1. The van der Waals surface area contributed by atoms with Crippen LogP contribution in [-0.4, -0.2) is 20.2 Å². The molecule has 0 N–H and O–H groups in total. The molecule has 0 saturated heterocycles. The molecule has 0 atom stereocenters. The molecule has 0 aliphatic carbocycles. The summed E-state index contributed by atoms with van der Waals surface area (Å²) in [6.45, 7) is 2.04. The first-order chi connectivity index (χ1) is 11.9. The number of halogens is 2. The number of rotatable bonds is 6. The summed E-state index contributed by atoms with van der Waals surface area (Å²) in [4.78, 5) is 11.9. The topological polar surface area (TPSA) is 44.8 Å². The van der Waals surface area contributed by atoms with Gasteiger partial charge in [-0.15, -0.1) is 0 Å². The fraction of sp³-hybridized carbons (Fsp3) is 0.211. The molecule has 2 aromatic rings. The third-order valence-electron chi connectivity index (χ3n) is 3.57. The van der Waals surface area contributed by atoms with Gasteiger partial charge in [0, 0.05) is 16.1 Å². The Morgan fingerprint density at radius 2 is 1.76 bits per heavy atom. The first kappa shape index (κ1) is 19.2. The highest BCUT2D eigenvalue weighted by atomic mass is 35.5. The molecule has 0 bridgehead atoms. The fourth-order valence-corrected chi connectivity index (χ4v) is 2.64. The van der Waals surface area contributed by atoms with Crippen LogP contribution in [0.4, 0.5) is 0 Å². The van der Waals surface area contributed by atoms with Crippen molar-refractivity contribution < 1.29 is 19.0 Å². The summed E-state index contributed by atoms with van der Waals surface area (Å²) >= 11 is 11.9. The molecule has 0 radical (unpaired) electrons. The SMILES string of the molecule is COc1cc(C)c(COC(=O)/C=C/c2ccc(Cl)cc2Cl)cc1OC. The molecule has 0 saturated carbocycles. The van der Waals surface area contributed by atoms with Crippen LogP contribution in [0.3, 0.4) is 0 Å². The smallest absolute Gasteiger partial charge is 0.331 e. The molecule has 0 aliphatic rings. The summed E-state index contributed by atoms with van der Waals surface area (Å²) < 4.78 is 15.8. The lowest BCUT2D eigenvalue weighted by atomic mass is 10.1. The van der Waals surface area contributed by atoms with Crippen LogP contribution in [0.15, 0.2) is 36.4 Å². The average Bonchev–Trinajstić information content (AvgIpc) is 2.59. The number of ether oxygens (including phenoxy) is 3. The zero-order valence-corrected chi connectivity index (χ0v) is 15.6. The van der Waals surface area contributed by atoms with Gasteiger partial charge < -0.3 is 14.2 Å². The first-order valence-corrected chi connectivity index (χ1v) is 8.21. The lowest BCUT2D eigenvalue weighted by Gasteiger charge is -2.12. The van der Waals surface area contributed by atoms with E-state index in [1.807, 2.05) is 13.0 Å². The Labute approximate surface area is 156 Å². The maximum absolute atomic E-state index is 11.9. The Bertz CT molecular complexity index is 800. The van der Waals surface area contributed by atoms with Crippen molar-refractivity contribution in [3.05, 3.63) is 63.1 Å². The van der Waals surface area contributed by atoms with Gasteiger partial charge in [0.2, 0.25) is 0 Å². The summed E-state index contributed by atoms with van der Waals surface area (Å²) in [6, 6.07) is 8.67. The number of benzene rings is 2. The Morgan fingerprint density at radius 3 is 2.40 bits per heavy atom. The highest BCUT2D eigenvalue weighted by Crippen LogP contribution is 2.30. The van der Waals surface area contributed by atoms with E-state index in [9.17, 15) is 4.79 Å². The van der Waals surface area contributed by atoms with Crippen LogP contribution < -0.4 is 9.47 Å². The van der Waals surface area contributed by atoms with Gasteiger partial charge in [0.25, 0.3) is 0 Å². The lowest BCUT2D eigenvalue weighted by molar-refractivity contribution is -0.138. The number of carbonyl (C=O) groups is 1. The van der Waals surface area contributed by atoms with Gasteiger partial charge in [0.1, 0.15) is 6.61 Å². The Balaban J connectivity index is 2.03. The standard InChI is InChI=1S/C19H18Cl2O4/c1-12-8-17(23-2)18(24-3)9-14(12)11-25-19(22)7-5-13-4-6-15(20)10-16(13)21/h4-10H,11H2,1-3H3/b7-5+. The Hall–Kier alpha value is -2.17. The fourth-order valence-electron chi connectivity index (χ4n) is 2.17. The molecule has 0 unspecified atom stereocenters. The van der Waals surface area contributed by atoms with Crippen LogP contribution in [0, 0.1) is 6.92 Å². The van der Waals surface area contributed by atoms with Gasteiger partial charge in [-0.25, -0.2) is 4.79 Å². The van der Waals surface area contributed by atoms with Crippen molar-refractivity contribution in [2.24, 2.45) is 0 Å². The highest BCUT2D eigenvalue weighted by Gasteiger charge is 2.10. The largest absolute Gasteiger partial charge is 0.493 e. The van der Waals surface area contributed by atoms with E-state index in [0.717, 1.165) is 11.1 Å². The van der Waals surface area contributed by atoms with Crippen molar-refractivity contribution in [2.75, 3.05) is 14.2 Å². The quantitative estimate of drug-likeness (QED) is 0.517. The van der Waals surface area contributed by atoms with Crippen LogP contribution in [0.1, 0.15) is 16.7 Å². The minimum atomic E-state index is -0.472. The number of methoxy groups -OCH3 is 2. The second-order valence-corrected chi connectivity index (χ2v) is 6.08. The average molecular weight is 381 g/mol.